The van der Waals surface area contributed by atoms with Gasteiger partial charge in [0.25, 0.3) is 0 Å². The third kappa shape index (κ3) is 2.77. The molecule has 0 bridgehead atoms. The molecular formula is C16H25N3O3. The van der Waals surface area contributed by atoms with Gasteiger partial charge in [0.05, 0.1) is 24.4 Å². The van der Waals surface area contributed by atoms with E-state index in [9.17, 15) is 4.79 Å². The molecule has 3 heterocycles. The normalized spacial score (nSPS) is 25.8. The standard InChI is InChI=1S/C16H25N3O3/c1-10(2)16(20)19-8-14-15(9-19)21-6-5-18(14)7-13-11(3)17-22-12(13)4/h10,14-15H,5-9H2,1-4H3/t14-,15-/m0/s1. The maximum absolute atomic E-state index is 12.2. The average molecular weight is 307 g/mol. The summed E-state index contributed by atoms with van der Waals surface area (Å²) in [5.74, 6) is 1.14. The van der Waals surface area contributed by atoms with Gasteiger partial charge in [0.1, 0.15) is 5.76 Å². The highest BCUT2D eigenvalue weighted by Crippen LogP contribution is 2.27. The molecule has 1 aromatic heterocycles. The van der Waals surface area contributed by atoms with Crippen molar-refractivity contribution in [2.75, 3.05) is 26.2 Å². The zero-order valence-corrected chi connectivity index (χ0v) is 13.8. The predicted molar refractivity (Wildman–Crippen MR) is 81.3 cm³/mol. The van der Waals surface area contributed by atoms with Crippen molar-refractivity contribution in [3.63, 3.8) is 0 Å². The molecule has 122 valence electrons. The van der Waals surface area contributed by atoms with E-state index in [0.717, 1.165) is 36.7 Å². The molecule has 0 N–H and O–H groups in total. The van der Waals surface area contributed by atoms with Gasteiger partial charge < -0.3 is 14.2 Å². The van der Waals surface area contributed by atoms with E-state index in [1.165, 1.54) is 0 Å². The number of morpholine rings is 1. The van der Waals surface area contributed by atoms with Crippen LogP contribution in [0.4, 0.5) is 0 Å². The van der Waals surface area contributed by atoms with E-state index in [0.29, 0.717) is 13.2 Å². The minimum Gasteiger partial charge on any atom is -0.373 e. The SMILES string of the molecule is Cc1noc(C)c1CN1CCO[C@H]2CN(C(=O)C(C)C)C[C@@H]21. The van der Waals surface area contributed by atoms with Crippen molar-refractivity contribution in [3.05, 3.63) is 17.0 Å². The van der Waals surface area contributed by atoms with Crippen LogP contribution >= 0.6 is 0 Å². The zero-order valence-electron chi connectivity index (χ0n) is 13.8. The van der Waals surface area contributed by atoms with Gasteiger partial charge in [0, 0.05) is 37.7 Å². The molecule has 0 saturated carbocycles. The maximum Gasteiger partial charge on any atom is 0.225 e. The van der Waals surface area contributed by atoms with Gasteiger partial charge in [-0.25, -0.2) is 0 Å². The van der Waals surface area contributed by atoms with Gasteiger partial charge in [-0.05, 0) is 13.8 Å². The molecule has 0 radical (unpaired) electrons. The Balaban J connectivity index is 1.73. The Kier molecular flexibility index (Phi) is 4.23. The number of carbonyl (C=O) groups is 1. The molecular weight excluding hydrogens is 282 g/mol. The largest absolute Gasteiger partial charge is 0.373 e. The van der Waals surface area contributed by atoms with Gasteiger partial charge in [0.2, 0.25) is 5.91 Å². The fourth-order valence-corrected chi connectivity index (χ4v) is 3.43. The van der Waals surface area contributed by atoms with Crippen LogP contribution in [0.15, 0.2) is 4.52 Å². The van der Waals surface area contributed by atoms with Crippen molar-refractivity contribution in [2.24, 2.45) is 5.92 Å². The van der Waals surface area contributed by atoms with Gasteiger partial charge in [-0.1, -0.05) is 19.0 Å². The van der Waals surface area contributed by atoms with Gasteiger partial charge in [0.15, 0.2) is 0 Å². The number of aryl methyl sites for hydroxylation is 2. The van der Waals surface area contributed by atoms with E-state index in [-0.39, 0.29) is 24.0 Å². The van der Waals surface area contributed by atoms with Crippen LogP contribution in [-0.2, 0) is 16.1 Å². The van der Waals surface area contributed by atoms with Gasteiger partial charge >= 0.3 is 0 Å². The van der Waals surface area contributed by atoms with E-state index in [1.54, 1.807) is 0 Å². The molecule has 0 aliphatic carbocycles. The molecule has 0 aromatic carbocycles. The van der Waals surface area contributed by atoms with Crippen LogP contribution in [0.25, 0.3) is 0 Å². The maximum atomic E-state index is 12.2. The van der Waals surface area contributed by atoms with E-state index in [1.807, 2.05) is 32.6 Å². The predicted octanol–water partition coefficient (Wildman–Crippen LogP) is 1.36. The summed E-state index contributed by atoms with van der Waals surface area (Å²) in [5, 5.41) is 4.04. The summed E-state index contributed by atoms with van der Waals surface area (Å²) in [6.45, 7) is 11.7. The van der Waals surface area contributed by atoms with Gasteiger partial charge in [-0.3, -0.25) is 9.69 Å². The first-order valence-corrected chi connectivity index (χ1v) is 8.03. The monoisotopic (exact) mass is 307 g/mol. The van der Waals surface area contributed by atoms with Crippen molar-refractivity contribution < 1.29 is 14.1 Å². The minimum absolute atomic E-state index is 0.0381. The lowest BCUT2D eigenvalue weighted by atomic mass is 10.1. The lowest BCUT2D eigenvalue weighted by molar-refractivity contribution is -0.133. The summed E-state index contributed by atoms with van der Waals surface area (Å²) < 4.78 is 11.2. The number of likely N-dealkylation sites (tertiary alicyclic amines) is 1. The first kappa shape index (κ1) is 15.5. The van der Waals surface area contributed by atoms with E-state index >= 15 is 0 Å². The Morgan fingerprint density at radius 3 is 2.77 bits per heavy atom. The summed E-state index contributed by atoms with van der Waals surface area (Å²) >= 11 is 0. The van der Waals surface area contributed by atoms with E-state index < -0.39 is 0 Å². The molecule has 2 fully saturated rings. The Morgan fingerprint density at radius 2 is 2.14 bits per heavy atom. The van der Waals surface area contributed by atoms with Crippen LogP contribution in [-0.4, -0.2) is 59.3 Å². The lowest BCUT2D eigenvalue weighted by Crippen LogP contribution is -2.50. The summed E-state index contributed by atoms with van der Waals surface area (Å²) in [6.07, 6.45) is 0.122. The number of ether oxygens (including phenoxy) is 1. The molecule has 0 unspecified atom stereocenters. The van der Waals surface area contributed by atoms with Crippen LogP contribution in [0.1, 0.15) is 30.9 Å². The molecule has 2 atom stereocenters. The number of rotatable bonds is 3. The first-order chi connectivity index (χ1) is 10.5. The molecule has 6 nitrogen and oxygen atoms in total. The Bertz CT molecular complexity index is 535. The molecule has 0 spiro atoms. The quantitative estimate of drug-likeness (QED) is 0.844. The summed E-state index contributed by atoms with van der Waals surface area (Å²) in [6, 6.07) is 0.269. The number of carbonyl (C=O) groups excluding carboxylic acids is 1. The third-order valence-corrected chi connectivity index (χ3v) is 4.76. The number of hydrogen-bond acceptors (Lipinski definition) is 5. The van der Waals surface area contributed by atoms with Crippen LogP contribution in [0.5, 0.6) is 0 Å². The summed E-state index contributed by atoms with van der Waals surface area (Å²) in [5.41, 5.74) is 2.11. The van der Waals surface area contributed by atoms with Crippen LogP contribution < -0.4 is 0 Å². The van der Waals surface area contributed by atoms with E-state index in [2.05, 4.69) is 10.1 Å². The highest BCUT2D eigenvalue weighted by Gasteiger charge is 2.42. The van der Waals surface area contributed by atoms with Crippen molar-refractivity contribution in [2.45, 2.75) is 46.4 Å². The molecule has 2 saturated heterocycles. The highest BCUT2D eigenvalue weighted by atomic mass is 16.5. The van der Waals surface area contributed by atoms with E-state index in [4.69, 9.17) is 9.26 Å². The zero-order chi connectivity index (χ0) is 15.9. The Hall–Kier alpha value is -1.40. The van der Waals surface area contributed by atoms with Crippen LogP contribution in [0.2, 0.25) is 0 Å². The molecule has 3 rings (SSSR count). The van der Waals surface area contributed by atoms with Gasteiger partial charge in [-0.15, -0.1) is 0 Å². The van der Waals surface area contributed by atoms with Gasteiger partial charge in [-0.2, -0.15) is 0 Å². The molecule has 1 amide bonds. The molecule has 1 aromatic rings. The number of nitrogens with zero attached hydrogens (tertiary/aromatic N) is 3. The number of amides is 1. The second kappa shape index (κ2) is 6.01. The number of fused-ring (bicyclic) bond motifs is 1. The summed E-state index contributed by atoms with van der Waals surface area (Å²) in [4.78, 5) is 16.6. The number of aromatic nitrogens is 1. The fourth-order valence-electron chi connectivity index (χ4n) is 3.43. The second-order valence-corrected chi connectivity index (χ2v) is 6.65. The number of hydrogen-bond donors (Lipinski definition) is 0. The average Bonchev–Trinajstić information content (AvgIpc) is 3.05. The van der Waals surface area contributed by atoms with Crippen molar-refractivity contribution >= 4 is 5.91 Å². The van der Waals surface area contributed by atoms with Crippen LogP contribution in [0, 0.1) is 19.8 Å². The van der Waals surface area contributed by atoms with Crippen molar-refractivity contribution in [1.29, 1.82) is 0 Å². The summed E-state index contributed by atoms with van der Waals surface area (Å²) in [7, 11) is 0. The second-order valence-electron chi connectivity index (χ2n) is 6.65. The molecule has 22 heavy (non-hydrogen) atoms. The fraction of sp³-hybridized carbons (Fsp3) is 0.750. The first-order valence-electron chi connectivity index (χ1n) is 8.03. The third-order valence-electron chi connectivity index (χ3n) is 4.76. The molecule has 2 aliphatic rings. The highest BCUT2D eigenvalue weighted by molar-refractivity contribution is 5.78. The Morgan fingerprint density at radius 1 is 1.36 bits per heavy atom. The van der Waals surface area contributed by atoms with Crippen molar-refractivity contribution in [3.8, 4) is 0 Å². The van der Waals surface area contributed by atoms with Crippen LogP contribution in [0.3, 0.4) is 0 Å². The smallest absolute Gasteiger partial charge is 0.225 e. The minimum atomic E-state index is 0.0381. The van der Waals surface area contributed by atoms with Crippen molar-refractivity contribution in [1.82, 2.24) is 15.0 Å². The molecule has 2 aliphatic heterocycles. The Labute approximate surface area is 131 Å². The topological polar surface area (TPSA) is 58.8 Å². The molecule has 6 heteroatoms. The lowest BCUT2D eigenvalue weighted by Gasteiger charge is -2.36.